The van der Waals surface area contributed by atoms with Crippen molar-refractivity contribution in [3.05, 3.63) is 35.4 Å². The van der Waals surface area contributed by atoms with E-state index in [1.165, 1.54) is 11.1 Å². The minimum Gasteiger partial charge on any atom is -0.299 e. The van der Waals surface area contributed by atoms with Gasteiger partial charge in [0.05, 0.1) is 0 Å². The van der Waals surface area contributed by atoms with Crippen LogP contribution < -0.4 is 0 Å². The summed E-state index contributed by atoms with van der Waals surface area (Å²) in [6, 6.07) is 8.74. The number of rotatable bonds is 4. The first-order chi connectivity index (χ1) is 7.26. The monoisotopic (exact) mass is 202 g/mol. The fourth-order valence-corrected chi connectivity index (χ4v) is 2.18. The van der Waals surface area contributed by atoms with Gasteiger partial charge in [-0.05, 0) is 29.9 Å². The van der Waals surface area contributed by atoms with Crippen molar-refractivity contribution in [3.63, 3.8) is 0 Å². The molecule has 0 aliphatic heterocycles. The standard InChI is InChI=1S/C14H18O/c1-3-10-5-7-11(8-6-10)12-9-13(12)14(15)4-2/h5-8,12-13H,3-4,9H2,1-2H3. The van der Waals surface area contributed by atoms with E-state index in [-0.39, 0.29) is 0 Å². The quantitative estimate of drug-likeness (QED) is 0.732. The number of benzene rings is 1. The van der Waals surface area contributed by atoms with Gasteiger partial charge in [-0.3, -0.25) is 4.79 Å². The molecule has 0 aromatic heterocycles. The zero-order chi connectivity index (χ0) is 10.8. The number of carbonyl (C=O) groups excluding carboxylic acids is 1. The van der Waals surface area contributed by atoms with Crippen LogP contribution in [0.5, 0.6) is 0 Å². The van der Waals surface area contributed by atoms with E-state index < -0.39 is 0 Å². The number of Topliss-reactive ketones (excluding diaryl/α,β-unsaturated/α-hetero) is 1. The molecule has 1 nitrogen and oxygen atoms in total. The first kappa shape index (κ1) is 10.4. The van der Waals surface area contributed by atoms with Gasteiger partial charge in [0, 0.05) is 12.3 Å². The molecule has 1 aliphatic carbocycles. The Morgan fingerprint density at radius 3 is 2.47 bits per heavy atom. The summed E-state index contributed by atoms with van der Waals surface area (Å²) >= 11 is 0. The van der Waals surface area contributed by atoms with Gasteiger partial charge in [-0.25, -0.2) is 0 Å². The molecule has 2 unspecified atom stereocenters. The maximum Gasteiger partial charge on any atom is 0.136 e. The van der Waals surface area contributed by atoms with E-state index in [4.69, 9.17) is 0 Å². The predicted octanol–water partition coefficient (Wildman–Crippen LogP) is 3.33. The zero-order valence-electron chi connectivity index (χ0n) is 9.49. The molecule has 1 heteroatoms. The average molecular weight is 202 g/mol. The smallest absolute Gasteiger partial charge is 0.136 e. The molecule has 1 aromatic carbocycles. The normalized spacial score (nSPS) is 23.9. The van der Waals surface area contributed by atoms with Crippen LogP contribution in [0.1, 0.15) is 43.7 Å². The molecular formula is C14H18O. The Kier molecular flexibility index (Phi) is 2.90. The predicted molar refractivity (Wildman–Crippen MR) is 62.0 cm³/mol. The van der Waals surface area contributed by atoms with Crippen molar-refractivity contribution in [1.29, 1.82) is 0 Å². The number of hydrogen-bond acceptors (Lipinski definition) is 1. The molecule has 0 radical (unpaired) electrons. The fourth-order valence-electron chi connectivity index (χ4n) is 2.18. The Hall–Kier alpha value is -1.11. The molecule has 1 aliphatic rings. The summed E-state index contributed by atoms with van der Waals surface area (Å²) in [4.78, 5) is 11.5. The first-order valence-electron chi connectivity index (χ1n) is 5.87. The summed E-state index contributed by atoms with van der Waals surface area (Å²) in [5.74, 6) is 1.27. The van der Waals surface area contributed by atoms with Gasteiger partial charge >= 0.3 is 0 Å². The van der Waals surface area contributed by atoms with Gasteiger partial charge in [0.15, 0.2) is 0 Å². The molecule has 0 amide bonds. The van der Waals surface area contributed by atoms with Crippen LogP contribution in [-0.4, -0.2) is 5.78 Å². The van der Waals surface area contributed by atoms with Crippen molar-refractivity contribution < 1.29 is 4.79 Å². The molecule has 0 N–H and O–H groups in total. The highest BCUT2D eigenvalue weighted by Crippen LogP contribution is 2.48. The Bertz CT molecular complexity index is 350. The van der Waals surface area contributed by atoms with Crippen molar-refractivity contribution in [1.82, 2.24) is 0 Å². The van der Waals surface area contributed by atoms with Crippen molar-refractivity contribution in [2.24, 2.45) is 5.92 Å². The number of aryl methyl sites for hydroxylation is 1. The van der Waals surface area contributed by atoms with Crippen LogP contribution >= 0.6 is 0 Å². The summed E-state index contributed by atoms with van der Waals surface area (Å²) in [6.07, 6.45) is 2.84. The number of hydrogen-bond donors (Lipinski definition) is 0. The summed E-state index contributed by atoms with van der Waals surface area (Å²) in [7, 11) is 0. The van der Waals surface area contributed by atoms with E-state index in [2.05, 4.69) is 31.2 Å². The molecule has 80 valence electrons. The largest absolute Gasteiger partial charge is 0.299 e. The molecule has 0 spiro atoms. The van der Waals surface area contributed by atoms with Gasteiger partial charge < -0.3 is 0 Å². The van der Waals surface area contributed by atoms with Crippen molar-refractivity contribution in [3.8, 4) is 0 Å². The number of carbonyl (C=O) groups is 1. The molecular weight excluding hydrogens is 184 g/mol. The number of ketones is 1. The summed E-state index contributed by atoms with van der Waals surface area (Å²) in [5, 5.41) is 0. The maximum absolute atomic E-state index is 11.5. The topological polar surface area (TPSA) is 17.1 Å². The van der Waals surface area contributed by atoms with Crippen LogP contribution in [0.3, 0.4) is 0 Å². The second-order valence-electron chi connectivity index (χ2n) is 4.36. The molecule has 2 rings (SSSR count). The van der Waals surface area contributed by atoms with E-state index >= 15 is 0 Å². The molecule has 2 atom stereocenters. The SMILES string of the molecule is CCC(=O)C1CC1c1ccc(CC)cc1. The Morgan fingerprint density at radius 1 is 1.27 bits per heavy atom. The van der Waals surface area contributed by atoms with Crippen LogP contribution in [0.25, 0.3) is 0 Å². The van der Waals surface area contributed by atoms with Crippen LogP contribution in [0, 0.1) is 5.92 Å². The third-order valence-corrected chi connectivity index (χ3v) is 3.37. The van der Waals surface area contributed by atoms with E-state index in [1.807, 2.05) is 6.92 Å². The highest BCUT2D eigenvalue weighted by atomic mass is 16.1. The maximum atomic E-state index is 11.5. The van der Waals surface area contributed by atoms with Crippen LogP contribution in [0.15, 0.2) is 24.3 Å². The lowest BCUT2D eigenvalue weighted by Crippen LogP contribution is -1.99. The minimum atomic E-state index is 0.322. The molecule has 1 aromatic rings. The van der Waals surface area contributed by atoms with Crippen molar-refractivity contribution >= 4 is 5.78 Å². The van der Waals surface area contributed by atoms with Crippen LogP contribution in [0.2, 0.25) is 0 Å². The fraction of sp³-hybridized carbons (Fsp3) is 0.500. The second-order valence-corrected chi connectivity index (χ2v) is 4.36. The third kappa shape index (κ3) is 2.11. The molecule has 1 fully saturated rings. The van der Waals surface area contributed by atoms with Gasteiger partial charge in [-0.2, -0.15) is 0 Å². The Morgan fingerprint density at radius 2 is 1.93 bits per heavy atom. The van der Waals surface area contributed by atoms with E-state index in [9.17, 15) is 4.79 Å². The Labute approximate surface area is 91.5 Å². The molecule has 15 heavy (non-hydrogen) atoms. The van der Waals surface area contributed by atoms with Gasteiger partial charge in [0.25, 0.3) is 0 Å². The minimum absolute atomic E-state index is 0.322. The van der Waals surface area contributed by atoms with E-state index in [0.29, 0.717) is 24.0 Å². The first-order valence-corrected chi connectivity index (χ1v) is 5.87. The lowest BCUT2D eigenvalue weighted by Gasteiger charge is -2.01. The van der Waals surface area contributed by atoms with Crippen LogP contribution in [0.4, 0.5) is 0 Å². The molecule has 0 saturated heterocycles. The molecule has 0 bridgehead atoms. The van der Waals surface area contributed by atoms with Gasteiger partial charge in [-0.1, -0.05) is 38.1 Å². The average Bonchev–Trinajstić information content (AvgIpc) is 3.08. The lowest BCUT2D eigenvalue weighted by atomic mass is 10.0. The van der Waals surface area contributed by atoms with Gasteiger partial charge in [0.2, 0.25) is 0 Å². The zero-order valence-corrected chi connectivity index (χ0v) is 9.49. The van der Waals surface area contributed by atoms with E-state index in [0.717, 1.165) is 12.8 Å². The summed E-state index contributed by atoms with van der Waals surface area (Å²) < 4.78 is 0. The van der Waals surface area contributed by atoms with Crippen LogP contribution in [-0.2, 0) is 11.2 Å². The highest BCUT2D eigenvalue weighted by molar-refractivity contribution is 5.84. The third-order valence-electron chi connectivity index (χ3n) is 3.37. The summed E-state index contributed by atoms with van der Waals surface area (Å²) in [5.41, 5.74) is 2.72. The second kappa shape index (κ2) is 4.18. The van der Waals surface area contributed by atoms with E-state index in [1.54, 1.807) is 0 Å². The lowest BCUT2D eigenvalue weighted by molar-refractivity contribution is -0.120. The molecule has 0 heterocycles. The molecule has 1 saturated carbocycles. The van der Waals surface area contributed by atoms with Crippen molar-refractivity contribution in [2.45, 2.75) is 39.0 Å². The van der Waals surface area contributed by atoms with Gasteiger partial charge in [-0.15, -0.1) is 0 Å². The van der Waals surface area contributed by atoms with Gasteiger partial charge in [0.1, 0.15) is 5.78 Å². The van der Waals surface area contributed by atoms with Crippen molar-refractivity contribution in [2.75, 3.05) is 0 Å². The highest BCUT2D eigenvalue weighted by Gasteiger charge is 2.42. The Balaban J connectivity index is 2.04. The summed E-state index contributed by atoms with van der Waals surface area (Å²) in [6.45, 7) is 4.12.